The van der Waals surface area contributed by atoms with E-state index in [4.69, 9.17) is 12.2 Å². The van der Waals surface area contributed by atoms with E-state index in [-0.39, 0.29) is 5.54 Å². The number of hydrogen-bond acceptors (Lipinski definition) is 1. The van der Waals surface area contributed by atoms with Gasteiger partial charge >= 0.3 is 0 Å². The first kappa shape index (κ1) is 12.1. The SMILES string of the molecule is CC1=CC(C)(C)N(C)C(=S)N1c1ccccc1. The summed E-state index contributed by atoms with van der Waals surface area (Å²) in [7, 11) is 2.04. The van der Waals surface area contributed by atoms with E-state index in [2.05, 4.69) is 48.8 Å². The minimum atomic E-state index is -0.0214. The Hall–Kier alpha value is -1.35. The predicted octanol–water partition coefficient (Wildman–Crippen LogP) is 3.41. The van der Waals surface area contributed by atoms with E-state index >= 15 is 0 Å². The molecule has 0 aliphatic carbocycles. The number of anilines is 1. The van der Waals surface area contributed by atoms with Crippen LogP contribution in [-0.4, -0.2) is 22.6 Å². The minimum Gasteiger partial charge on any atom is -0.343 e. The average Bonchev–Trinajstić information content (AvgIpc) is 2.27. The molecule has 0 saturated carbocycles. The molecule has 0 atom stereocenters. The van der Waals surface area contributed by atoms with Crippen molar-refractivity contribution in [3.63, 3.8) is 0 Å². The Morgan fingerprint density at radius 2 is 1.71 bits per heavy atom. The van der Waals surface area contributed by atoms with Gasteiger partial charge in [0, 0.05) is 18.4 Å². The summed E-state index contributed by atoms with van der Waals surface area (Å²) in [5.41, 5.74) is 2.28. The van der Waals surface area contributed by atoms with E-state index in [0.717, 1.165) is 10.8 Å². The van der Waals surface area contributed by atoms with Crippen molar-refractivity contribution in [3.05, 3.63) is 42.1 Å². The van der Waals surface area contributed by atoms with Crippen LogP contribution in [0.15, 0.2) is 42.1 Å². The van der Waals surface area contributed by atoms with Crippen LogP contribution in [0.2, 0.25) is 0 Å². The molecule has 0 fully saturated rings. The maximum Gasteiger partial charge on any atom is 0.180 e. The molecule has 1 aliphatic rings. The molecule has 0 saturated heterocycles. The predicted molar refractivity (Wildman–Crippen MR) is 77.1 cm³/mol. The summed E-state index contributed by atoms with van der Waals surface area (Å²) in [4.78, 5) is 4.24. The van der Waals surface area contributed by atoms with Gasteiger partial charge in [-0.15, -0.1) is 0 Å². The molecule has 3 heteroatoms. The van der Waals surface area contributed by atoms with Gasteiger partial charge in [0.2, 0.25) is 0 Å². The summed E-state index contributed by atoms with van der Waals surface area (Å²) in [5.74, 6) is 0. The van der Waals surface area contributed by atoms with Gasteiger partial charge in [-0.05, 0) is 51.2 Å². The molecule has 0 spiro atoms. The fourth-order valence-corrected chi connectivity index (χ4v) is 2.60. The second-order valence-electron chi connectivity index (χ2n) is 4.95. The third-order valence-electron chi connectivity index (χ3n) is 3.27. The van der Waals surface area contributed by atoms with E-state index < -0.39 is 0 Å². The van der Waals surface area contributed by atoms with Crippen molar-refractivity contribution in [2.24, 2.45) is 0 Å². The monoisotopic (exact) mass is 246 g/mol. The lowest BCUT2D eigenvalue weighted by atomic mass is 9.99. The van der Waals surface area contributed by atoms with E-state index in [9.17, 15) is 0 Å². The molecule has 0 bridgehead atoms. The standard InChI is InChI=1S/C14H18N2S/c1-11-10-14(2,3)15(4)13(17)16(11)12-8-6-5-7-9-12/h5-10H,1-4H3. The highest BCUT2D eigenvalue weighted by Crippen LogP contribution is 2.30. The fraction of sp³-hybridized carbons (Fsp3) is 0.357. The van der Waals surface area contributed by atoms with Crippen LogP contribution in [0.25, 0.3) is 0 Å². The lowest BCUT2D eigenvalue weighted by Gasteiger charge is -2.45. The average molecular weight is 246 g/mol. The molecule has 2 rings (SSSR count). The van der Waals surface area contributed by atoms with Crippen LogP contribution in [0.1, 0.15) is 20.8 Å². The molecular formula is C14H18N2S. The maximum atomic E-state index is 5.57. The first-order chi connectivity index (χ1) is 7.93. The van der Waals surface area contributed by atoms with Crippen LogP contribution in [0.4, 0.5) is 5.69 Å². The van der Waals surface area contributed by atoms with Gasteiger partial charge in [0.25, 0.3) is 0 Å². The Kier molecular flexibility index (Phi) is 2.96. The van der Waals surface area contributed by atoms with Gasteiger partial charge in [-0.2, -0.15) is 0 Å². The van der Waals surface area contributed by atoms with Crippen molar-refractivity contribution < 1.29 is 0 Å². The number of para-hydroxylation sites is 1. The number of benzene rings is 1. The summed E-state index contributed by atoms with van der Waals surface area (Å²) >= 11 is 5.57. The first-order valence-corrected chi connectivity index (χ1v) is 6.17. The Morgan fingerprint density at radius 1 is 1.12 bits per heavy atom. The van der Waals surface area contributed by atoms with Gasteiger partial charge in [0.05, 0.1) is 5.54 Å². The Balaban J connectivity index is 2.47. The normalized spacial score (nSPS) is 19.3. The van der Waals surface area contributed by atoms with Gasteiger partial charge in [-0.25, -0.2) is 0 Å². The molecule has 0 unspecified atom stereocenters. The van der Waals surface area contributed by atoms with Crippen LogP contribution in [0.3, 0.4) is 0 Å². The Labute approximate surface area is 109 Å². The highest BCUT2D eigenvalue weighted by atomic mass is 32.1. The number of allylic oxidation sites excluding steroid dienone is 1. The van der Waals surface area contributed by atoms with Gasteiger partial charge in [0.15, 0.2) is 5.11 Å². The Morgan fingerprint density at radius 3 is 2.29 bits per heavy atom. The van der Waals surface area contributed by atoms with Crippen LogP contribution in [0, 0.1) is 0 Å². The van der Waals surface area contributed by atoms with E-state index in [1.807, 2.05) is 25.2 Å². The third-order valence-corrected chi connectivity index (χ3v) is 3.73. The first-order valence-electron chi connectivity index (χ1n) is 5.76. The van der Waals surface area contributed by atoms with Gasteiger partial charge in [-0.1, -0.05) is 18.2 Å². The number of nitrogens with zero attached hydrogens (tertiary/aromatic N) is 2. The zero-order valence-electron chi connectivity index (χ0n) is 10.8. The molecule has 0 aromatic heterocycles. The molecular weight excluding hydrogens is 228 g/mol. The molecule has 1 heterocycles. The van der Waals surface area contributed by atoms with Crippen molar-refractivity contribution in [1.29, 1.82) is 0 Å². The summed E-state index contributed by atoms with van der Waals surface area (Å²) in [6, 6.07) is 10.2. The number of rotatable bonds is 1. The quantitative estimate of drug-likeness (QED) is 0.701. The van der Waals surface area contributed by atoms with E-state index in [0.29, 0.717) is 0 Å². The van der Waals surface area contributed by atoms with Crippen molar-refractivity contribution in [2.45, 2.75) is 26.3 Å². The second-order valence-corrected chi connectivity index (χ2v) is 5.32. The number of hydrogen-bond donors (Lipinski definition) is 0. The molecule has 1 aromatic carbocycles. The van der Waals surface area contributed by atoms with Crippen LogP contribution in [0.5, 0.6) is 0 Å². The highest BCUT2D eigenvalue weighted by Gasteiger charge is 2.32. The third kappa shape index (κ3) is 2.07. The van der Waals surface area contributed by atoms with E-state index in [1.54, 1.807) is 0 Å². The van der Waals surface area contributed by atoms with E-state index in [1.165, 1.54) is 5.70 Å². The van der Waals surface area contributed by atoms with Crippen LogP contribution in [-0.2, 0) is 0 Å². The second kappa shape index (κ2) is 4.15. The van der Waals surface area contributed by atoms with Crippen LogP contribution < -0.4 is 4.90 Å². The summed E-state index contributed by atoms with van der Waals surface area (Å²) < 4.78 is 0. The minimum absolute atomic E-state index is 0.0214. The summed E-state index contributed by atoms with van der Waals surface area (Å²) in [6.45, 7) is 6.45. The van der Waals surface area contributed by atoms with Crippen molar-refractivity contribution >= 4 is 23.0 Å². The lowest BCUT2D eigenvalue weighted by molar-refractivity contribution is 0.312. The molecule has 0 radical (unpaired) electrons. The van der Waals surface area contributed by atoms with Crippen molar-refractivity contribution in [1.82, 2.24) is 4.90 Å². The van der Waals surface area contributed by atoms with Crippen LogP contribution >= 0.6 is 12.2 Å². The molecule has 0 amide bonds. The molecule has 1 aliphatic heterocycles. The molecule has 17 heavy (non-hydrogen) atoms. The summed E-state index contributed by atoms with van der Waals surface area (Å²) in [6.07, 6.45) is 2.25. The topological polar surface area (TPSA) is 6.48 Å². The smallest absolute Gasteiger partial charge is 0.180 e. The van der Waals surface area contributed by atoms with Crippen molar-refractivity contribution in [3.8, 4) is 0 Å². The molecule has 2 nitrogen and oxygen atoms in total. The maximum absolute atomic E-state index is 5.57. The van der Waals surface area contributed by atoms with Gasteiger partial charge in [0.1, 0.15) is 0 Å². The largest absolute Gasteiger partial charge is 0.343 e. The molecule has 0 N–H and O–H groups in total. The number of thiocarbonyl (C=S) groups is 1. The zero-order valence-corrected chi connectivity index (χ0v) is 11.6. The van der Waals surface area contributed by atoms with Gasteiger partial charge < -0.3 is 4.90 Å². The van der Waals surface area contributed by atoms with Gasteiger partial charge in [-0.3, -0.25) is 4.90 Å². The van der Waals surface area contributed by atoms with Crippen molar-refractivity contribution in [2.75, 3.05) is 11.9 Å². The molecule has 90 valence electrons. The lowest BCUT2D eigenvalue weighted by Crippen LogP contribution is -2.53. The molecule has 1 aromatic rings. The summed E-state index contributed by atoms with van der Waals surface area (Å²) in [5, 5.41) is 0.848. The Bertz CT molecular complexity index is 462. The zero-order chi connectivity index (χ0) is 12.6. The fourth-order valence-electron chi connectivity index (χ4n) is 2.11. The highest BCUT2D eigenvalue weighted by molar-refractivity contribution is 7.80. The number of likely N-dealkylation sites (N-methyl/N-ethyl adjacent to an activating group) is 1.